The molecular formula is C29H35N3O8S2. The molecule has 0 bridgehead atoms. The first-order valence-electron chi connectivity index (χ1n) is 13.5. The number of carbonyl (C=O) groups is 1. The number of nitrogens with one attached hydrogen (secondary N) is 1. The second kappa shape index (κ2) is 14.0. The van der Waals surface area contributed by atoms with Crippen molar-refractivity contribution in [1.29, 1.82) is 0 Å². The average molecular weight is 618 g/mol. The van der Waals surface area contributed by atoms with Gasteiger partial charge in [0.1, 0.15) is 24.7 Å². The van der Waals surface area contributed by atoms with Gasteiger partial charge >= 0.3 is 0 Å². The van der Waals surface area contributed by atoms with Gasteiger partial charge in [0.15, 0.2) is 0 Å². The second-order valence-electron chi connectivity index (χ2n) is 9.44. The average Bonchev–Trinajstić information content (AvgIpc) is 3.00. The van der Waals surface area contributed by atoms with Crippen LogP contribution in [0.25, 0.3) is 0 Å². The van der Waals surface area contributed by atoms with E-state index in [0.29, 0.717) is 50.1 Å². The van der Waals surface area contributed by atoms with E-state index in [-0.39, 0.29) is 22.9 Å². The molecule has 1 heterocycles. The van der Waals surface area contributed by atoms with Gasteiger partial charge in [0.05, 0.1) is 41.8 Å². The molecule has 1 aliphatic heterocycles. The summed E-state index contributed by atoms with van der Waals surface area (Å²) < 4.78 is 71.4. The number of morpholine rings is 1. The van der Waals surface area contributed by atoms with E-state index in [4.69, 9.17) is 14.2 Å². The third kappa shape index (κ3) is 7.79. The van der Waals surface area contributed by atoms with Crippen molar-refractivity contribution in [1.82, 2.24) is 9.62 Å². The van der Waals surface area contributed by atoms with Gasteiger partial charge in [-0.05, 0) is 74.5 Å². The topological polar surface area (TPSA) is 132 Å². The zero-order valence-electron chi connectivity index (χ0n) is 23.6. The summed E-state index contributed by atoms with van der Waals surface area (Å²) >= 11 is 0. The van der Waals surface area contributed by atoms with Crippen LogP contribution >= 0.6 is 0 Å². The van der Waals surface area contributed by atoms with Gasteiger partial charge < -0.3 is 19.5 Å². The SMILES string of the molecule is CCOc1ccc(S(=O)(=O)N(CC(=O)NCCOc2ccc(S(=O)(=O)N3CCOCC3)cc2)c2ccc(C)cc2)cc1. The van der Waals surface area contributed by atoms with Crippen molar-refractivity contribution < 1.29 is 35.8 Å². The van der Waals surface area contributed by atoms with Crippen molar-refractivity contribution in [3.63, 3.8) is 0 Å². The molecule has 3 aromatic carbocycles. The molecule has 0 saturated carbocycles. The standard InChI is InChI=1S/C29H35N3O8S2/c1-3-39-25-8-14-28(15-9-25)42(36,37)32(24-6-4-23(2)5-7-24)22-29(33)30-16-19-40-26-10-12-27(13-11-26)41(34,35)31-17-20-38-21-18-31/h4-15H,3,16-22H2,1-2H3,(H,30,33). The number of carbonyl (C=O) groups excluding carboxylic acids is 1. The van der Waals surface area contributed by atoms with Crippen LogP contribution in [0.4, 0.5) is 5.69 Å². The zero-order valence-corrected chi connectivity index (χ0v) is 25.2. The minimum Gasteiger partial charge on any atom is -0.494 e. The normalized spacial score (nSPS) is 14.2. The number of anilines is 1. The lowest BCUT2D eigenvalue weighted by molar-refractivity contribution is -0.119. The van der Waals surface area contributed by atoms with Crippen molar-refractivity contribution in [2.75, 3.05) is 56.9 Å². The fourth-order valence-corrected chi connectivity index (χ4v) is 7.05. The minimum atomic E-state index is -4.07. The summed E-state index contributed by atoms with van der Waals surface area (Å²) in [5, 5.41) is 2.69. The Bertz CT molecular complexity index is 1540. The highest BCUT2D eigenvalue weighted by Gasteiger charge is 2.28. The maximum Gasteiger partial charge on any atom is 0.264 e. The van der Waals surface area contributed by atoms with Crippen molar-refractivity contribution in [3.05, 3.63) is 78.4 Å². The summed E-state index contributed by atoms with van der Waals surface area (Å²) in [6.45, 7) is 5.29. The largest absolute Gasteiger partial charge is 0.494 e. The van der Waals surface area contributed by atoms with E-state index in [0.717, 1.165) is 9.87 Å². The zero-order chi connectivity index (χ0) is 30.2. The molecule has 0 spiro atoms. The Balaban J connectivity index is 1.35. The maximum atomic E-state index is 13.6. The van der Waals surface area contributed by atoms with Gasteiger partial charge in [0.25, 0.3) is 10.0 Å². The number of ether oxygens (including phenoxy) is 3. The van der Waals surface area contributed by atoms with Crippen LogP contribution < -0.4 is 19.1 Å². The van der Waals surface area contributed by atoms with Gasteiger partial charge in [0, 0.05) is 13.1 Å². The van der Waals surface area contributed by atoms with Crippen LogP contribution in [0.1, 0.15) is 12.5 Å². The third-order valence-corrected chi connectivity index (χ3v) is 10.2. The molecule has 11 nitrogen and oxygen atoms in total. The van der Waals surface area contributed by atoms with Crippen LogP contribution in [-0.4, -0.2) is 79.7 Å². The highest BCUT2D eigenvalue weighted by molar-refractivity contribution is 7.92. The van der Waals surface area contributed by atoms with Crippen molar-refractivity contribution >= 4 is 31.6 Å². The van der Waals surface area contributed by atoms with Crippen molar-refractivity contribution in [3.8, 4) is 11.5 Å². The van der Waals surface area contributed by atoms with E-state index < -0.39 is 32.5 Å². The second-order valence-corrected chi connectivity index (χ2v) is 13.2. The molecular weight excluding hydrogens is 582 g/mol. The lowest BCUT2D eigenvalue weighted by Gasteiger charge is -2.26. The molecule has 4 rings (SSSR count). The molecule has 0 aliphatic carbocycles. The van der Waals surface area contributed by atoms with Crippen LogP contribution in [0, 0.1) is 6.92 Å². The number of hydrogen-bond donors (Lipinski definition) is 1. The molecule has 0 radical (unpaired) electrons. The van der Waals surface area contributed by atoms with Gasteiger partial charge in [-0.1, -0.05) is 17.7 Å². The molecule has 226 valence electrons. The van der Waals surface area contributed by atoms with Crippen LogP contribution in [0.3, 0.4) is 0 Å². The Labute approximate surface area is 247 Å². The van der Waals surface area contributed by atoms with Gasteiger partial charge in [-0.25, -0.2) is 16.8 Å². The number of amides is 1. The van der Waals surface area contributed by atoms with Gasteiger partial charge in [-0.3, -0.25) is 9.10 Å². The molecule has 3 aromatic rings. The fourth-order valence-electron chi connectivity index (χ4n) is 4.22. The molecule has 1 amide bonds. The summed E-state index contributed by atoms with van der Waals surface area (Å²) in [6.07, 6.45) is 0. The summed E-state index contributed by atoms with van der Waals surface area (Å²) in [6, 6.07) is 19.0. The van der Waals surface area contributed by atoms with Crippen LogP contribution in [0.5, 0.6) is 11.5 Å². The first-order valence-corrected chi connectivity index (χ1v) is 16.4. The molecule has 0 aromatic heterocycles. The first kappa shape index (κ1) is 31.3. The Hall–Kier alpha value is -3.65. The Kier molecular flexibility index (Phi) is 10.4. The number of sulfonamides is 2. The van der Waals surface area contributed by atoms with E-state index in [2.05, 4.69) is 5.32 Å². The molecule has 42 heavy (non-hydrogen) atoms. The van der Waals surface area contributed by atoms with E-state index in [9.17, 15) is 21.6 Å². The predicted octanol–water partition coefficient (Wildman–Crippen LogP) is 2.81. The molecule has 1 N–H and O–H groups in total. The van der Waals surface area contributed by atoms with Crippen LogP contribution in [0.2, 0.25) is 0 Å². The number of nitrogens with zero attached hydrogens (tertiary/aromatic N) is 2. The Morgan fingerprint density at radius 3 is 2.02 bits per heavy atom. The molecule has 0 atom stereocenters. The number of hydrogen-bond acceptors (Lipinski definition) is 8. The van der Waals surface area contributed by atoms with E-state index >= 15 is 0 Å². The summed E-state index contributed by atoms with van der Waals surface area (Å²) in [4.78, 5) is 13.0. The van der Waals surface area contributed by atoms with E-state index in [1.54, 1.807) is 48.5 Å². The molecule has 0 unspecified atom stereocenters. The molecule has 1 fully saturated rings. The van der Waals surface area contributed by atoms with Crippen molar-refractivity contribution in [2.24, 2.45) is 0 Å². The number of rotatable bonds is 13. The highest BCUT2D eigenvalue weighted by Crippen LogP contribution is 2.26. The highest BCUT2D eigenvalue weighted by atomic mass is 32.2. The number of benzene rings is 3. The lowest BCUT2D eigenvalue weighted by atomic mass is 10.2. The summed E-state index contributed by atoms with van der Waals surface area (Å²) in [5.74, 6) is 0.467. The van der Waals surface area contributed by atoms with Gasteiger partial charge in [-0.2, -0.15) is 4.31 Å². The quantitative estimate of drug-likeness (QED) is 0.290. The minimum absolute atomic E-state index is 0.0294. The molecule has 1 aliphatic rings. The van der Waals surface area contributed by atoms with Crippen LogP contribution in [0.15, 0.2) is 82.6 Å². The first-order chi connectivity index (χ1) is 20.1. The summed E-state index contributed by atoms with van der Waals surface area (Å²) in [7, 11) is -7.67. The Morgan fingerprint density at radius 2 is 1.43 bits per heavy atom. The fraction of sp³-hybridized carbons (Fsp3) is 0.345. The monoisotopic (exact) mass is 617 g/mol. The van der Waals surface area contributed by atoms with Gasteiger partial charge in [-0.15, -0.1) is 0 Å². The third-order valence-electron chi connectivity index (χ3n) is 6.46. The summed E-state index contributed by atoms with van der Waals surface area (Å²) in [5.41, 5.74) is 1.30. The lowest BCUT2D eigenvalue weighted by Crippen LogP contribution is -2.41. The number of aryl methyl sites for hydroxylation is 1. The maximum absolute atomic E-state index is 13.6. The van der Waals surface area contributed by atoms with E-state index in [1.807, 2.05) is 13.8 Å². The smallest absolute Gasteiger partial charge is 0.264 e. The van der Waals surface area contributed by atoms with E-state index in [1.165, 1.54) is 28.6 Å². The molecule has 1 saturated heterocycles. The van der Waals surface area contributed by atoms with Crippen LogP contribution in [-0.2, 0) is 29.6 Å². The van der Waals surface area contributed by atoms with Gasteiger partial charge in [0.2, 0.25) is 15.9 Å². The molecule has 13 heteroatoms. The van der Waals surface area contributed by atoms with Crippen molar-refractivity contribution in [2.45, 2.75) is 23.6 Å². The predicted molar refractivity (Wildman–Crippen MR) is 158 cm³/mol. The Morgan fingerprint density at radius 1 is 0.857 bits per heavy atom.